The number of aromatic nitrogens is 1. The van der Waals surface area contributed by atoms with Crippen molar-refractivity contribution >= 4 is 31.9 Å². The lowest BCUT2D eigenvalue weighted by Crippen LogP contribution is -2.50. The maximum atomic E-state index is 4.38. The molecular weight excluding hydrogens is 348 g/mol. The molecule has 1 aromatic rings. The van der Waals surface area contributed by atoms with Gasteiger partial charge in [0.25, 0.3) is 0 Å². The molecule has 2 rings (SSSR count). The molecule has 17 heavy (non-hydrogen) atoms. The highest BCUT2D eigenvalue weighted by atomic mass is 79.9. The lowest BCUT2D eigenvalue weighted by atomic mass is 10.3. The fourth-order valence-corrected chi connectivity index (χ4v) is 2.85. The Balaban J connectivity index is 1.85. The van der Waals surface area contributed by atoms with Crippen molar-refractivity contribution in [2.24, 2.45) is 0 Å². The highest BCUT2D eigenvalue weighted by molar-refractivity contribution is 9.11. The van der Waals surface area contributed by atoms with Gasteiger partial charge in [-0.1, -0.05) is 0 Å². The molecular formula is C11H16Br2N4. The summed E-state index contributed by atoms with van der Waals surface area (Å²) in [6.45, 7) is 5.11. The zero-order chi connectivity index (χ0) is 12.3. The molecule has 0 saturated carbocycles. The van der Waals surface area contributed by atoms with E-state index < -0.39 is 0 Å². The smallest absolute Gasteiger partial charge is 0.0698 e. The molecule has 0 bridgehead atoms. The molecule has 0 aromatic carbocycles. The van der Waals surface area contributed by atoms with Crippen molar-refractivity contribution < 1.29 is 0 Å². The average molecular weight is 364 g/mol. The summed E-state index contributed by atoms with van der Waals surface area (Å²) in [5, 5.41) is 2.26. The van der Waals surface area contributed by atoms with E-state index in [-0.39, 0.29) is 0 Å². The second-order valence-corrected chi connectivity index (χ2v) is 5.98. The minimum Gasteiger partial charge on any atom is -0.304 e. The Morgan fingerprint density at radius 2 is 2.00 bits per heavy atom. The monoisotopic (exact) mass is 362 g/mol. The Bertz CT molecular complexity index is 378. The lowest BCUT2D eigenvalue weighted by molar-refractivity contribution is 0.101. The van der Waals surface area contributed by atoms with E-state index in [1.54, 1.807) is 0 Å². The number of hydrogen-bond donors (Lipinski definition) is 1. The second kappa shape index (κ2) is 6.24. The molecule has 4 nitrogen and oxygen atoms in total. The predicted octanol–water partition coefficient (Wildman–Crippen LogP) is 1.86. The van der Waals surface area contributed by atoms with Gasteiger partial charge in [0, 0.05) is 41.3 Å². The Hall–Kier alpha value is -0.0100. The molecule has 0 radical (unpaired) electrons. The SMILES string of the molecule is CN1CCN(NCc2ncc(Br)cc2Br)CC1. The van der Waals surface area contributed by atoms with Crippen LogP contribution in [-0.4, -0.2) is 48.1 Å². The molecule has 1 aliphatic rings. The summed E-state index contributed by atoms with van der Waals surface area (Å²) in [4.78, 5) is 6.72. The molecule has 0 spiro atoms. The minimum absolute atomic E-state index is 0.761. The van der Waals surface area contributed by atoms with Crippen LogP contribution in [0, 0.1) is 0 Å². The van der Waals surface area contributed by atoms with Crippen LogP contribution in [0.4, 0.5) is 0 Å². The van der Waals surface area contributed by atoms with Crippen molar-refractivity contribution in [3.8, 4) is 0 Å². The summed E-state index contributed by atoms with van der Waals surface area (Å²) in [6.07, 6.45) is 1.83. The molecule has 2 heterocycles. The molecule has 1 fully saturated rings. The number of nitrogens with one attached hydrogen (secondary N) is 1. The number of rotatable bonds is 3. The van der Waals surface area contributed by atoms with Gasteiger partial charge in [-0.25, -0.2) is 10.4 Å². The van der Waals surface area contributed by atoms with Crippen LogP contribution in [-0.2, 0) is 6.54 Å². The maximum absolute atomic E-state index is 4.38. The molecule has 0 atom stereocenters. The second-order valence-electron chi connectivity index (χ2n) is 4.21. The van der Waals surface area contributed by atoms with Crippen molar-refractivity contribution in [3.63, 3.8) is 0 Å². The molecule has 94 valence electrons. The largest absolute Gasteiger partial charge is 0.304 e. The van der Waals surface area contributed by atoms with Crippen LogP contribution in [0.2, 0.25) is 0 Å². The fraction of sp³-hybridized carbons (Fsp3) is 0.545. The number of halogens is 2. The van der Waals surface area contributed by atoms with E-state index in [0.717, 1.165) is 47.4 Å². The Morgan fingerprint density at radius 3 is 2.65 bits per heavy atom. The summed E-state index contributed by atoms with van der Waals surface area (Å²) < 4.78 is 2.03. The highest BCUT2D eigenvalue weighted by Crippen LogP contribution is 2.19. The zero-order valence-corrected chi connectivity index (χ0v) is 13.0. The Morgan fingerprint density at radius 1 is 1.29 bits per heavy atom. The predicted molar refractivity (Wildman–Crippen MR) is 75.5 cm³/mol. The van der Waals surface area contributed by atoms with Crippen LogP contribution < -0.4 is 5.43 Å². The van der Waals surface area contributed by atoms with Gasteiger partial charge in [-0.3, -0.25) is 4.98 Å². The third-order valence-electron chi connectivity index (χ3n) is 2.86. The third kappa shape index (κ3) is 3.99. The summed E-state index contributed by atoms with van der Waals surface area (Å²) >= 11 is 6.92. The minimum atomic E-state index is 0.761. The number of pyridine rings is 1. The molecule has 0 amide bonds. The number of piperazine rings is 1. The van der Waals surface area contributed by atoms with Crippen molar-refractivity contribution in [2.75, 3.05) is 33.2 Å². The van der Waals surface area contributed by atoms with E-state index >= 15 is 0 Å². The summed E-state index contributed by atoms with van der Waals surface area (Å²) in [5.41, 5.74) is 4.45. The van der Waals surface area contributed by atoms with Gasteiger partial charge in [0.1, 0.15) is 0 Å². The van der Waals surface area contributed by atoms with Crippen molar-refractivity contribution in [1.82, 2.24) is 20.3 Å². The zero-order valence-electron chi connectivity index (χ0n) is 9.79. The first kappa shape index (κ1) is 13.4. The molecule has 1 aromatic heterocycles. The van der Waals surface area contributed by atoms with Crippen LogP contribution in [0.5, 0.6) is 0 Å². The van der Waals surface area contributed by atoms with Crippen molar-refractivity contribution in [1.29, 1.82) is 0 Å². The van der Waals surface area contributed by atoms with Crippen LogP contribution in [0.1, 0.15) is 5.69 Å². The van der Waals surface area contributed by atoms with Crippen molar-refractivity contribution in [2.45, 2.75) is 6.54 Å². The van der Waals surface area contributed by atoms with Crippen LogP contribution in [0.25, 0.3) is 0 Å². The molecule has 6 heteroatoms. The van der Waals surface area contributed by atoms with Crippen LogP contribution in [0.15, 0.2) is 21.2 Å². The van der Waals surface area contributed by atoms with Gasteiger partial charge < -0.3 is 4.90 Å². The van der Waals surface area contributed by atoms with E-state index in [4.69, 9.17) is 0 Å². The van der Waals surface area contributed by atoms with Gasteiger partial charge in [0.15, 0.2) is 0 Å². The van der Waals surface area contributed by atoms with Gasteiger partial charge in [0.05, 0.1) is 12.2 Å². The van der Waals surface area contributed by atoms with Gasteiger partial charge >= 0.3 is 0 Å². The maximum Gasteiger partial charge on any atom is 0.0698 e. The number of likely N-dealkylation sites (N-methyl/N-ethyl adjacent to an activating group) is 1. The van der Waals surface area contributed by atoms with E-state index in [2.05, 4.69) is 59.2 Å². The quantitative estimate of drug-likeness (QED) is 0.888. The third-order valence-corrected chi connectivity index (χ3v) is 3.98. The molecule has 0 unspecified atom stereocenters. The van der Waals surface area contributed by atoms with Crippen LogP contribution >= 0.6 is 31.9 Å². The van der Waals surface area contributed by atoms with Gasteiger partial charge in [-0.05, 0) is 45.0 Å². The van der Waals surface area contributed by atoms with Crippen LogP contribution in [0.3, 0.4) is 0 Å². The van der Waals surface area contributed by atoms with E-state index in [1.165, 1.54) is 0 Å². The average Bonchev–Trinajstić information content (AvgIpc) is 2.30. The fourth-order valence-electron chi connectivity index (χ4n) is 1.72. The standard InChI is InChI=1S/C11H16Br2N4/c1-16-2-4-17(5-3-16)15-8-11-10(13)6-9(12)7-14-11/h6-7,15H,2-5,8H2,1H3. The molecule has 1 saturated heterocycles. The first-order valence-corrected chi connectivity index (χ1v) is 7.20. The number of nitrogens with zero attached hydrogens (tertiary/aromatic N) is 3. The summed E-state index contributed by atoms with van der Waals surface area (Å²) in [7, 11) is 2.16. The van der Waals surface area contributed by atoms with E-state index in [0.29, 0.717) is 0 Å². The molecule has 1 N–H and O–H groups in total. The molecule has 0 aliphatic carbocycles. The van der Waals surface area contributed by atoms with Gasteiger partial charge in [-0.15, -0.1) is 0 Å². The Kier molecular flexibility index (Phi) is 4.93. The summed E-state index contributed by atoms with van der Waals surface area (Å²) in [6, 6.07) is 2.02. The number of hydrazine groups is 1. The van der Waals surface area contributed by atoms with Crippen molar-refractivity contribution in [3.05, 3.63) is 26.9 Å². The highest BCUT2D eigenvalue weighted by Gasteiger charge is 2.13. The first-order chi connectivity index (χ1) is 8.15. The molecule has 1 aliphatic heterocycles. The number of hydrogen-bond acceptors (Lipinski definition) is 4. The Labute approximate surface area is 119 Å². The van der Waals surface area contributed by atoms with E-state index in [9.17, 15) is 0 Å². The normalized spacial score (nSPS) is 18.5. The topological polar surface area (TPSA) is 31.4 Å². The van der Waals surface area contributed by atoms with E-state index in [1.807, 2.05) is 12.3 Å². The van der Waals surface area contributed by atoms with Gasteiger partial charge in [-0.2, -0.15) is 0 Å². The first-order valence-electron chi connectivity index (χ1n) is 5.62. The van der Waals surface area contributed by atoms with Gasteiger partial charge in [0.2, 0.25) is 0 Å². The summed E-state index contributed by atoms with van der Waals surface area (Å²) in [5.74, 6) is 0. The lowest BCUT2D eigenvalue weighted by Gasteiger charge is -2.32.